The standard InChI is InChI=1S/C46H59N13O7/c1-25-41(60)56-33(42(61)53-19-16-48)23-26-6-12-34(65-20-17-49)30(22-26)31-24-28(9-13-35(31)66-21-18-50)37(44(63)54-25)59(5)45(64)32(14-15-47)55-43(62)36-38(51)57-40(58-39(36)52)27-7-10-29(11-8-27)46(2,3)4/h6-13,22,24-25,32-33,37H,14-15,17-21,23,47,49-50H2,1-5H3,(H,53,61)(H,54,63)(H,55,62)(H,56,60)(H4,51,52,57,58)/t25-,32-,33-,37-/m0/s1. The molecule has 20 nitrogen and oxygen atoms in total. The molecule has 0 unspecified atom stereocenters. The summed E-state index contributed by atoms with van der Waals surface area (Å²) in [5.74, 6) is -3.29. The molecule has 4 atom stereocenters. The van der Waals surface area contributed by atoms with Crippen molar-refractivity contribution in [2.45, 2.75) is 70.1 Å². The van der Waals surface area contributed by atoms with Crippen LogP contribution in [0.4, 0.5) is 11.6 Å². The Labute approximate surface area is 383 Å². The Hall–Kier alpha value is -7.34. The van der Waals surface area contributed by atoms with Crippen LogP contribution in [0.15, 0.2) is 60.7 Å². The molecule has 3 aromatic carbocycles. The maximum atomic E-state index is 14.7. The third-order valence-corrected chi connectivity index (χ3v) is 10.8. The molecule has 0 aliphatic carbocycles. The van der Waals surface area contributed by atoms with Crippen LogP contribution < -0.4 is 59.4 Å². The fourth-order valence-corrected chi connectivity index (χ4v) is 7.34. The first-order valence-corrected chi connectivity index (χ1v) is 21.4. The summed E-state index contributed by atoms with van der Waals surface area (Å²) in [6.07, 6.45) is -0.0956. The molecular weight excluding hydrogens is 847 g/mol. The maximum absolute atomic E-state index is 14.7. The van der Waals surface area contributed by atoms with Gasteiger partial charge in [0.1, 0.15) is 72.6 Å². The minimum Gasteiger partial charge on any atom is -0.492 e. The van der Waals surface area contributed by atoms with Gasteiger partial charge in [0.25, 0.3) is 5.91 Å². The van der Waals surface area contributed by atoms with Crippen LogP contribution in [0, 0.1) is 11.3 Å². The molecular formula is C46H59N13O7. The Morgan fingerprint density at radius 1 is 0.879 bits per heavy atom. The Balaban J connectivity index is 1.57. The number of anilines is 2. The predicted molar refractivity (Wildman–Crippen MR) is 248 cm³/mol. The van der Waals surface area contributed by atoms with Crippen LogP contribution in [-0.4, -0.2) is 109 Å². The average molecular weight is 906 g/mol. The van der Waals surface area contributed by atoms with Gasteiger partial charge in [-0.1, -0.05) is 57.2 Å². The summed E-state index contributed by atoms with van der Waals surface area (Å²) in [4.78, 5) is 80.1. The van der Waals surface area contributed by atoms with E-state index in [9.17, 15) is 24.0 Å². The van der Waals surface area contributed by atoms with E-state index in [0.717, 1.165) is 10.5 Å². The number of carbonyl (C=O) groups excluding carboxylic acids is 5. The molecule has 0 fully saturated rings. The number of rotatable bonds is 15. The number of ether oxygens (including phenoxy) is 2. The van der Waals surface area contributed by atoms with E-state index in [-0.39, 0.29) is 86.2 Å². The van der Waals surface area contributed by atoms with Gasteiger partial charge in [-0.2, -0.15) is 5.26 Å². The van der Waals surface area contributed by atoms with Gasteiger partial charge in [-0.3, -0.25) is 24.0 Å². The SMILES string of the molecule is C[C@@H]1NC(=O)[C@@H](N(C)C(=O)[C@H](CCN)NC(=O)c2c(N)nc(-c3ccc(C(C)(C)C)cc3)nc2N)c2ccc(OCCN)c(c2)-c2cc(ccc2OCCN)C[C@@H](C(=O)NCC#N)NC1=O. The van der Waals surface area contributed by atoms with Crippen LogP contribution in [0.5, 0.6) is 11.5 Å². The highest BCUT2D eigenvalue weighted by Gasteiger charge is 2.36. The van der Waals surface area contributed by atoms with Gasteiger partial charge in [-0.15, -0.1) is 0 Å². The predicted octanol–water partition coefficient (Wildman–Crippen LogP) is 0.780. The number of nitriles is 1. The molecule has 5 rings (SSSR count). The first-order chi connectivity index (χ1) is 31.4. The molecule has 4 aromatic rings. The number of hydrogen-bond donors (Lipinski definition) is 9. The van der Waals surface area contributed by atoms with Gasteiger partial charge < -0.3 is 64.3 Å². The number of likely N-dealkylation sites (N-methyl/N-ethyl adjacent to an activating group) is 1. The number of nitrogens with two attached hydrogens (primary N) is 5. The average Bonchev–Trinajstić information content (AvgIpc) is 3.28. The van der Waals surface area contributed by atoms with E-state index in [1.807, 2.05) is 30.3 Å². The molecule has 1 aromatic heterocycles. The van der Waals surface area contributed by atoms with Crippen molar-refractivity contribution in [2.24, 2.45) is 17.2 Å². The van der Waals surface area contributed by atoms with Gasteiger partial charge >= 0.3 is 0 Å². The summed E-state index contributed by atoms with van der Waals surface area (Å²) < 4.78 is 12.2. The molecule has 0 radical (unpaired) electrons. The number of nitrogen functional groups attached to an aromatic ring is 2. The van der Waals surface area contributed by atoms with Crippen molar-refractivity contribution in [1.29, 1.82) is 5.26 Å². The Kier molecular flexibility index (Phi) is 16.6. The highest BCUT2D eigenvalue weighted by molar-refractivity contribution is 6.05. The molecule has 20 heteroatoms. The summed E-state index contributed by atoms with van der Waals surface area (Å²) in [7, 11) is 1.37. The van der Waals surface area contributed by atoms with Crippen LogP contribution in [0.2, 0.25) is 0 Å². The summed E-state index contributed by atoms with van der Waals surface area (Å²) in [5, 5.41) is 19.7. The molecule has 0 spiro atoms. The van der Waals surface area contributed by atoms with E-state index >= 15 is 0 Å². The number of amides is 5. The number of benzene rings is 3. The molecule has 350 valence electrons. The molecule has 2 heterocycles. The monoisotopic (exact) mass is 905 g/mol. The van der Waals surface area contributed by atoms with Crippen molar-refractivity contribution in [3.8, 4) is 40.1 Å². The molecule has 1 aliphatic rings. The normalized spacial score (nSPS) is 16.6. The fourth-order valence-electron chi connectivity index (χ4n) is 7.34. The summed E-state index contributed by atoms with van der Waals surface area (Å²) in [6.45, 7) is 7.90. The Morgan fingerprint density at radius 3 is 2.06 bits per heavy atom. The Bertz CT molecular complexity index is 2450. The summed E-state index contributed by atoms with van der Waals surface area (Å²) in [6, 6.07) is 14.2. The molecule has 0 saturated heterocycles. The highest BCUT2D eigenvalue weighted by Crippen LogP contribution is 2.40. The lowest BCUT2D eigenvalue weighted by atomic mass is 9.87. The molecule has 14 N–H and O–H groups in total. The van der Waals surface area contributed by atoms with E-state index in [0.29, 0.717) is 33.8 Å². The van der Waals surface area contributed by atoms with Crippen LogP contribution in [0.1, 0.15) is 67.2 Å². The topological polar surface area (TPSA) is 335 Å². The number of fused-ring (bicyclic) bond motifs is 5. The van der Waals surface area contributed by atoms with E-state index in [1.54, 1.807) is 36.4 Å². The van der Waals surface area contributed by atoms with Gasteiger partial charge in [-0.05, 0) is 66.3 Å². The largest absolute Gasteiger partial charge is 0.492 e. The van der Waals surface area contributed by atoms with Gasteiger partial charge in [-0.25, -0.2) is 9.97 Å². The van der Waals surface area contributed by atoms with Crippen LogP contribution in [0.25, 0.3) is 22.5 Å². The smallest absolute Gasteiger partial charge is 0.259 e. The van der Waals surface area contributed by atoms with E-state index < -0.39 is 53.7 Å². The molecule has 0 saturated carbocycles. The quantitative estimate of drug-likeness (QED) is 0.0745. The minimum atomic E-state index is -1.45. The second kappa shape index (κ2) is 22.0. The molecule has 5 amide bonds. The highest BCUT2D eigenvalue weighted by atomic mass is 16.5. The van der Waals surface area contributed by atoms with Crippen molar-refractivity contribution < 1.29 is 33.4 Å². The number of carbonyl (C=O) groups is 5. The minimum absolute atomic E-state index is 0.0142. The van der Waals surface area contributed by atoms with Crippen molar-refractivity contribution in [3.05, 3.63) is 82.9 Å². The number of hydrogen-bond acceptors (Lipinski definition) is 15. The number of aromatic nitrogens is 2. The molecule has 66 heavy (non-hydrogen) atoms. The first kappa shape index (κ1) is 49.7. The first-order valence-electron chi connectivity index (χ1n) is 21.4. The van der Waals surface area contributed by atoms with Gasteiger partial charge in [0.05, 0.1) is 6.07 Å². The number of nitrogens with one attached hydrogen (secondary N) is 4. The maximum Gasteiger partial charge on any atom is 0.259 e. The summed E-state index contributed by atoms with van der Waals surface area (Å²) in [5.41, 5.74) is 33.4. The zero-order valence-corrected chi connectivity index (χ0v) is 37.8. The summed E-state index contributed by atoms with van der Waals surface area (Å²) >= 11 is 0. The Morgan fingerprint density at radius 2 is 1.48 bits per heavy atom. The fraction of sp³-hybridized carbons (Fsp3) is 0.391. The van der Waals surface area contributed by atoms with Crippen LogP contribution in [-0.2, 0) is 31.0 Å². The molecule has 4 bridgehead atoms. The lowest BCUT2D eigenvalue weighted by molar-refractivity contribution is -0.141. The zero-order valence-electron chi connectivity index (χ0n) is 37.8. The van der Waals surface area contributed by atoms with E-state index in [2.05, 4.69) is 52.0 Å². The van der Waals surface area contributed by atoms with Crippen LogP contribution >= 0.6 is 0 Å². The molecule has 1 aliphatic heterocycles. The van der Waals surface area contributed by atoms with E-state index in [1.165, 1.54) is 14.0 Å². The second-order valence-electron chi connectivity index (χ2n) is 16.7. The van der Waals surface area contributed by atoms with Crippen molar-refractivity contribution in [3.63, 3.8) is 0 Å². The van der Waals surface area contributed by atoms with Gasteiger partial charge in [0.2, 0.25) is 23.6 Å². The zero-order chi connectivity index (χ0) is 48.3. The van der Waals surface area contributed by atoms with Gasteiger partial charge in [0, 0.05) is 43.2 Å². The van der Waals surface area contributed by atoms with E-state index in [4.69, 9.17) is 43.4 Å². The lowest BCUT2D eigenvalue weighted by Crippen LogP contribution is -2.56. The van der Waals surface area contributed by atoms with Crippen LogP contribution in [0.3, 0.4) is 0 Å². The second-order valence-corrected chi connectivity index (χ2v) is 16.7. The third-order valence-electron chi connectivity index (χ3n) is 10.8. The third kappa shape index (κ3) is 11.9. The lowest BCUT2D eigenvalue weighted by Gasteiger charge is -2.32. The van der Waals surface area contributed by atoms with Gasteiger partial charge in [0.15, 0.2) is 5.82 Å². The van der Waals surface area contributed by atoms with Crippen molar-refractivity contribution >= 4 is 41.2 Å². The number of nitrogens with zero attached hydrogens (tertiary/aromatic N) is 4. The van der Waals surface area contributed by atoms with Crippen molar-refractivity contribution in [2.75, 3.05) is 57.9 Å². The van der Waals surface area contributed by atoms with Crippen molar-refractivity contribution in [1.82, 2.24) is 36.1 Å².